The van der Waals surface area contributed by atoms with Gasteiger partial charge in [-0.15, -0.1) is 11.8 Å². The summed E-state index contributed by atoms with van der Waals surface area (Å²) in [5, 5.41) is 3.24. The van der Waals surface area contributed by atoms with Gasteiger partial charge in [0, 0.05) is 18.2 Å². The normalized spacial score (nSPS) is 24.7. The van der Waals surface area contributed by atoms with Crippen molar-refractivity contribution in [2.45, 2.75) is 90.0 Å². The van der Waals surface area contributed by atoms with Crippen LogP contribution in [0.25, 0.3) is 0 Å². The third kappa shape index (κ3) is 5.90. The Morgan fingerprint density at radius 2 is 1.88 bits per heavy atom. The van der Waals surface area contributed by atoms with E-state index in [1.165, 1.54) is 6.42 Å². The topological polar surface area (TPSA) is 49.4 Å². The molecule has 0 bridgehead atoms. The highest BCUT2D eigenvalue weighted by Crippen LogP contribution is 2.37. The van der Waals surface area contributed by atoms with Crippen molar-refractivity contribution in [1.82, 2.24) is 10.2 Å². The molecule has 1 N–H and O–H groups in total. The zero-order chi connectivity index (χ0) is 18.2. The Bertz CT molecular complexity index is 435. The lowest BCUT2D eigenvalue weighted by atomic mass is 9.87. The third-order valence-corrected chi connectivity index (χ3v) is 6.67. The maximum absolute atomic E-state index is 13.2. The van der Waals surface area contributed by atoms with Crippen molar-refractivity contribution >= 4 is 23.6 Å². The Balaban J connectivity index is 2.02. The molecule has 4 nitrogen and oxygen atoms in total. The van der Waals surface area contributed by atoms with Crippen LogP contribution < -0.4 is 5.32 Å². The van der Waals surface area contributed by atoms with Crippen molar-refractivity contribution in [1.29, 1.82) is 0 Å². The smallest absolute Gasteiger partial charge is 0.243 e. The summed E-state index contributed by atoms with van der Waals surface area (Å²) >= 11 is 1.80. The molecule has 1 aliphatic heterocycles. The van der Waals surface area contributed by atoms with E-state index >= 15 is 0 Å². The number of carbonyl (C=O) groups excluding carboxylic acids is 2. The number of hydrogen-bond donors (Lipinski definition) is 1. The van der Waals surface area contributed by atoms with E-state index in [0.717, 1.165) is 63.7 Å². The van der Waals surface area contributed by atoms with E-state index in [2.05, 4.69) is 26.1 Å². The van der Waals surface area contributed by atoms with Crippen LogP contribution in [0.5, 0.6) is 0 Å². The van der Waals surface area contributed by atoms with Crippen molar-refractivity contribution in [2.75, 3.05) is 12.3 Å². The summed E-state index contributed by atoms with van der Waals surface area (Å²) in [7, 11) is 0. The lowest BCUT2D eigenvalue weighted by Gasteiger charge is -2.34. The highest BCUT2D eigenvalue weighted by atomic mass is 32.2. The van der Waals surface area contributed by atoms with Crippen molar-refractivity contribution < 1.29 is 9.59 Å². The van der Waals surface area contributed by atoms with Crippen molar-refractivity contribution in [3.05, 3.63) is 0 Å². The predicted octanol–water partition coefficient (Wildman–Crippen LogP) is 4.19. The Labute approximate surface area is 157 Å². The lowest BCUT2D eigenvalue weighted by Crippen LogP contribution is -2.52. The lowest BCUT2D eigenvalue weighted by molar-refractivity contribution is -0.144. The molecule has 2 atom stereocenters. The molecular weight excluding hydrogens is 332 g/mol. The second kappa shape index (κ2) is 10.4. The highest BCUT2D eigenvalue weighted by Gasteiger charge is 2.43. The molecule has 2 aliphatic rings. The Kier molecular flexibility index (Phi) is 8.60. The van der Waals surface area contributed by atoms with Crippen LogP contribution in [0.3, 0.4) is 0 Å². The maximum Gasteiger partial charge on any atom is 0.243 e. The van der Waals surface area contributed by atoms with E-state index in [0.29, 0.717) is 5.92 Å². The van der Waals surface area contributed by atoms with E-state index in [9.17, 15) is 9.59 Å². The van der Waals surface area contributed by atoms with Crippen molar-refractivity contribution in [3.63, 3.8) is 0 Å². The maximum atomic E-state index is 13.2. The van der Waals surface area contributed by atoms with Gasteiger partial charge in [0.1, 0.15) is 6.04 Å². The monoisotopic (exact) mass is 368 g/mol. The van der Waals surface area contributed by atoms with E-state index < -0.39 is 0 Å². The summed E-state index contributed by atoms with van der Waals surface area (Å²) in [5.41, 5.74) is 0. The average Bonchev–Trinajstić information content (AvgIpc) is 3.01. The number of carbonyl (C=O) groups is 2. The molecule has 25 heavy (non-hydrogen) atoms. The molecule has 1 aliphatic carbocycles. The molecule has 0 aromatic rings. The molecule has 1 saturated carbocycles. The zero-order valence-corrected chi connectivity index (χ0v) is 17.1. The Morgan fingerprint density at radius 3 is 2.52 bits per heavy atom. The van der Waals surface area contributed by atoms with Crippen LogP contribution >= 0.6 is 11.8 Å². The molecule has 2 unspecified atom stereocenters. The minimum absolute atomic E-state index is 0.0546. The van der Waals surface area contributed by atoms with E-state index in [1.54, 1.807) is 11.8 Å². The van der Waals surface area contributed by atoms with Gasteiger partial charge in [0.25, 0.3) is 0 Å². The van der Waals surface area contributed by atoms with Gasteiger partial charge in [0.2, 0.25) is 11.8 Å². The first-order valence-corrected chi connectivity index (χ1v) is 11.3. The number of hydrogen-bond acceptors (Lipinski definition) is 3. The minimum Gasteiger partial charge on any atom is -0.354 e. The molecule has 0 aromatic carbocycles. The van der Waals surface area contributed by atoms with Gasteiger partial charge in [-0.05, 0) is 31.6 Å². The first-order valence-electron chi connectivity index (χ1n) is 10.3. The van der Waals surface area contributed by atoms with E-state index in [1.807, 2.05) is 4.90 Å². The van der Waals surface area contributed by atoms with Crippen LogP contribution in [0.15, 0.2) is 0 Å². The van der Waals surface area contributed by atoms with Gasteiger partial charge in [-0.3, -0.25) is 9.59 Å². The predicted molar refractivity (Wildman–Crippen MR) is 105 cm³/mol. The largest absolute Gasteiger partial charge is 0.354 e. The SMILES string of the molecule is CCCCCNC(=O)C1CSC(CC(C)C)N1C(=O)C1CCCCC1. The second-order valence-corrected chi connectivity index (χ2v) is 9.22. The number of nitrogens with zero attached hydrogens (tertiary/aromatic N) is 1. The zero-order valence-electron chi connectivity index (χ0n) is 16.3. The quantitative estimate of drug-likeness (QED) is 0.654. The van der Waals surface area contributed by atoms with Crippen molar-refractivity contribution in [2.24, 2.45) is 11.8 Å². The van der Waals surface area contributed by atoms with Crippen LogP contribution in [-0.4, -0.2) is 40.4 Å². The molecule has 1 heterocycles. The first-order chi connectivity index (χ1) is 12.0. The van der Waals surface area contributed by atoms with Crippen molar-refractivity contribution in [3.8, 4) is 0 Å². The number of unbranched alkanes of at least 4 members (excludes halogenated alkanes) is 2. The highest BCUT2D eigenvalue weighted by molar-refractivity contribution is 8.00. The van der Waals surface area contributed by atoms with Crippen LogP contribution in [0, 0.1) is 11.8 Å². The molecular formula is C20H36N2O2S. The van der Waals surface area contributed by atoms with E-state index in [-0.39, 0.29) is 29.1 Å². The van der Waals surface area contributed by atoms with Crippen LogP contribution in [0.2, 0.25) is 0 Å². The fraction of sp³-hybridized carbons (Fsp3) is 0.900. The van der Waals surface area contributed by atoms with Crippen LogP contribution in [0.1, 0.15) is 78.6 Å². The van der Waals surface area contributed by atoms with E-state index in [4.69, 9.17) is 0 Å². The van der Waals surface area contributed by atoms with Crippen LogP contribution in [-0.2, 0) is 9.59 Å². The summed E-state index contributed by atoms with van der Waals surface area (Å²) < 4.78 is 0. The van der Waals surface area contributed by atoms with Gasteiger partial charge in [0.15, 0.2) is 0 Å². The van der Waals surface area contributed by atoms with Gasteiger partial charge < -0.3 is 10.2 Å². The summed E-state index contributed by atoms with van der Waals surface area (Å²) in [4.78, 5) is 27.9. The van der Waals surface area contributed by atoms with Gasteiger partial charge in [-0.2, -0.15) is 0 Å². The van der Waals surface area contributed by atoms with Gasteiger partial charge >= 0.3 is 0 Å². The molecule has 0 radical (unpaired) electrons. The molecule has 0 aromatic heterocycles. The summed E-state index contributed by atoms with van der Waals surface area (Å²) in [6, 6.07) is -0.273. The number of rotatable bonds is 8. The molecule has 1 saturated heterocycles. The Morgan fingerprint density at radius 1 is 1.16 bits per heavy atom. The number of nitrogens with one attached hydrogen (secondary N) is 1. The first kappa shape index (κ1) is 20.6. The minimum atomic E-state index is -0.273. The molecule has 2 fully saturated rings. The second-order valence-electron chi connectivity index (χ2n) is 8.01. The van der Waals surface area contributed by atoms with Gasteiger partial charge in [-0.25, -0.2) is 0 Å². The molecule has 0 spiro atoms. The molecule has 144 valence electrons. The fourth-order valence-electron chi connectivity index (χ4n) is 3.91. The third-order valence-electron chi connectivity index (χ3n) is 5.36. The average molecular weight is 369 g/mol. The number of thioether (sulfide) groups is 1. The molecule has 2 rings (SSSR count). The molecule has 5 heteroatoms. The summed E-state index contributed by atoms with van der Waals surface area (Å²) in [6.07, 6.45) is 9.84. The fourth-order valence-corrected chi connectivity index (χ4v) is 5.56. The molecule has 2 amide bonds. The summed E-state index contributed by atoms with van der Waals surface area (Å²) in [6.45, 7) is 7.29. The standard InChI is InChI=1S/C20H36N2O2S/c1-4-5-9-12-21-19(23)17-14-25-18(13-15(2)3)22(17)20(24)16-10-7-6-8-11-16/h15-18H,4-14H2,1-3H3,(H,21,23). The number of amides is 2. The van der Waals surface area contributed by atoms with Crippen LogP contribution in [0.4, 0.5) is 0 Å². The summed E-state index contributed by atoms with van der Waals surface area (Å²) in [5.74, 6) is 1.71. The Hall–Kier alpha value is -0.710. The van der Waals surface area contributed by atoms with Gasteiger partial charge in [-0.1, -0.05) is 52.9 Å². The van der Waals surface area contributed by atoms with Gasteiger partial charge in [0.05, 0.1) is 5.37 Å².